The van der Waals surface area contributed by atoms with Crippen LogP contribution in [-0.4, -0.2) is 20.1 Å². The van der Waals surface area contributed by atoms with Gasteiger partial charge in [-0.15, -0.1) is 0 Å². The molecule has 1 amide bonds. The van der Waals surface area contributed by atoms with Crippen molar-refractivity contribution in [3.05, 3.63) is 52.4 Å². The fourth-order valence-electron chi connectivity index (χ4n) is 2.37. The fourth-order valence-corrected chi connectivity index (χ4v) is 3.06. The van der Waals surface area contributed by atoms with Crippen molar-refractivity contribution in [1.29, 1.82) is 0 Å². The molecular formula is C16H12F4N4OS. The van der Waals surface area contributed by atoms with Gasteiger partial charge < -0.3 is 5.32 Å². The predicted molar refractivity (Wildman–Crippen MR) is 88.4 cm³/mol. The second kappa shape index (κ2) is 6.52. The summed E-state index contributed by atoms with van der Waals surface area (Å²) >= 11 is 1.13. The summed E-state index contributed by atoms with van der Waals surface area (Å²) in [6.07, 6.45) is -4.62. The Morgan fingerprint density at radius 1 is 1.27 bits per heavy atom. The Hall–Kier alpha value is -2.75. The zero-order chi connectivity index (χ0) is 19.1. The van der Waals surface area contributed by atoms with Crippen molar-refractivity contribution in [1.82, 2.24) is 14.2 Å². The van der Waals surface area contributed by atoms with Crippen molar-refractivity contribution in [2.24, 2.45) is 7.05 Å². The van der Waals surface area contributed by atoms with E-state index in [1.807, 2.05) is 0 Å². The lowest BCUT2D eigenvalue weighted by Gasteiger charge is -2.08. The average molecular weight is 384 g/mol. The molecule has 0 spiro atoms. The minimum atomic E-state index is -4.62. The minimum absolute atomic E-state index is 0.0226. The number of alkyl halides is 3. The Balaban J connectivity index is 1.88. The molecule has 0 aliphatic rings. The summed E-state index contributed by atoms with van der Waals surface area (Å²) in [6, 6.07) is 4.52. The number of rotatable bonds is 3. The number of halogens is 4. The fraction of sp³-hybridized carbons (Fsp3) is 0.188. The lowest BCUT2D eigenvalue weighted by atomic mass is 10.1. The van der Waals surface area contributed by atoms with Gasteiger partial charge in [-0.1, -0.05) is 0 Å². The summed E-state index contributed by atoms with van der Waals surface area (Å²) < 4.78 is 57.6. The molecule has 1 aromatic carbocycles. The highest BCUT2D eigenvalue weighted by Crippen LogP contribution is 2.32. The molecule has 5 nitrogen and oxygen atoms in total. The molecule has 0 radical (unpaired) electrons. The molecule has 3 rings (SSSR count). The van der Waals surface area contributed by atoms with Crippen LogP contribution in [0.1, 0.15) is 21.7 Å². The number of anilines is 1. The van der Waals surface area contributed by atoms with E-state index in [-0.39, 0.29) is 16.9 Å². The smallest absolute Gasteiger partial charge is 0.322 e. The van der Waals surface area contributed by atoms with Gasteiger partial charge in [-0.3, -0.25) is 9.48 Å². The van der Waals surface area contributed by atoms with Gasteiger partial charge in [-0.25, -0.2) is 4.39 Å². The summed E-state index contributed by atoms with van der Waals surface area (Å²) in [4.78, 5) is 12.1. The van der Waals surface area contributed by atoms with E-state index >= 15 is 0 Å². The number of benzene rings is 1. The molecule has 3 aromatic rings. The highest BCUT2D eigenvalue weighted by atomic mass is 32.1. The van der Waals surface area contributed by atoms with Crippen LogP contribution < -0.4 is 5.32 Å². The largest absolute Gasteiger partial charge is 0.435 e. The third-order valence-electron chi connectivity index (χ3n) is 3.67. The molecular weight excluding hydrogens is 372 g/mol. The molecule has 0 unspecified atom stereocenters. The molecule has 0 saturated heterocycles. The van der Waals surface area contributed by atoms with Gasteiger partial charge in [-0.05, 0) is 42.7 Å². The first-order chi connectivity index (χ1) is 12.2. The minimum Gasteiger partial charge on any atom is -0.322 e. The third-order valence-corrected chi connectivity index (χ3v) is 4.39. The van der Waals surface area contributed by atoms with Gasteiger partial charge in [0, 0.05) is 23.7 Å². The first kappa shape index (κ1) is 18.1. The molecule has 0 saturated carbocycles. The van der Waals surface area contributed by atoms with Crippen LogP contribution in [0.5, 0.6) is 0 Å². The van der Waals surface area contributed by atoms with Gasteiger partial charge in [0.1, 0.15) is 5.82 Å². The Morgan fingerprint density at radius 2 is 2.00 bits per heavy atom. The van der Waals surface area contributed by atoms with E-state index in [4.69, 9.17) is 0 Å². The summed E-state index contributed by atoms with van der Waals surface area (Å²) in [7, 11) is 1.30. The van der Waals surface area contributed by atoms with Crippen molar-refractivity contribution in [2.75, 3.05) is 5.32 Å². The molecule has 26 heavy (non-hydrogen) atoms. The van der Waals surface area contributed by atoms with E-state index in [0.29, 0.717) is 11.3 Å². The Labute approximate surface area is 149 Å². The highest BCUT2D eigenvalue weighted by Gasteiger charge is 2.35. The molecule has 0 fully saturated rings. The third kappa shape index (κ3) is 3.45. The first-order valence-electron chi connectivity index (χ1n) is 7.30. The summed E-state index contributed by atoms with van der Waals surface area (Å²) in [6.45, 7) is 1.68. The van der Waals surface area contributed by atoms with Crippen molar-refractivity contribution in [3.63, 3.8) is 0 Å². The van der Waals surface area contributed by atoms with Crippen LogP contribution in [-0.2, 0) is 13.2 Å². The molecule has 0 aliphatic carbocycles. The zero-order valence-electron chi connectivity index (χ0n) is 13.6. The Kier molecular flexibility index (Phi) is 4.53. The maximum Gasteiger partial charge on any atom is 0.435 e. The van der Waals surface area contributed by atoms with Gasteiger partial charge >= 0.3 is 6.18 Å². The number of carbonyl (C=O) groups is 1. The number of aromatic nitrogens is 3. The lowest BCUT2D eigenvalue weighted by Crippen LogP contribution is -2.12. The lowest BCUT2D eigenvalue weighted by molar-refractivity contribution is -0.141. The number of hydrogen-bond acceptors (Lipinski definition) is 4. The standard InChI is InChI=1S/C16H12F4N4OS/c1-8-11(7-26-23-8)15(25)21-9-3-4-10(12(17)5-9)13-6-14(16(18,19)20)22-24(13)2/h3-7H,1-2H3,(H,21,25). The van der Waals surface area contributed by atoms with Crippen LogP contribution in [0, 0.1) is 12.7 Å². The quantitative estimate of drug-likeness (QED) is 0.687. The number of aryl methyl sites for hydroxylation is 2. The Morgan fingerprint density at radius 3 is 2.54 bits per heavy atom. The maximum absolute atomic E-state index is 14.4. The van der Waals surface area contributed by atoms with Crippen molar-refractivity contribution >= 4 is 23.1 Å². The van der Waals surface area contributed by atoms with Crippen molar-refractivity contribution < 1.29 is 22.4 Å². The van der Waals surface area contributed by atoms with Gasteiger partial charge in [0.05, 0.1) is 17.0 Å². The van der Waals surface area contributed by atoms with Crippen LogP contribution >= 0.6 is 11.5 Å². The van der Waals surface area contributed by atoms with E-state index < -0.39 is 23.6 Å². The molecule has 0 aliphatic heterocycles. The summed E-state index contributed by atoms with van der Waals surface area (Å²) in [5, 5.41) is 7.47. The molecule has 2 aromatic heterocycles. The number of amides is 1. The zero-order valence-corrected chi connectivity index (χ0v) is 14.4. The van der Waals surface area contributed by atoms with Gasteiger partial charge in [0.2, 0.25) is 0 Å². The number of nitrogens with one attached hydrogen (secondary N) is 1. The monoisotopic (exact) mass is 384 g/mol. The van der Waals surface area contributed by atoms with Crippen LogP contribution in [0.15, 0.2) is 29.6 Å². The van der Waals surface area contributed by atoms with Crippen LogP contribution in [0.25, 0.3) is 11.3 Å². The molecule has 0 atom stereocenters. The van der Waals surface area contributed by atoms with Gasteiger partial charge in [0.25, 0.3) is 5.91 Å². The van der Waals surface area contributed by atoms with Crippen LogP contribution in [0.4, 0.5) is 23.2 Å². The first-order valence-corrected chi connectivity index (χ1v) is 8.14. The summed E-state index contributed by atoms with van der Waals surface area (Å²) in [5.41, 5.74) is -0.0696. The van der Waals surface area contributed by atoms with E-state index in [9.17, 15) is 22.4 Å². The molecule has 1 N–H and O–H groups in total. The molecule has 0 bridgehead atoms. The average Bonchev–Trinajstić information content (AvgIpc) is 3.13. The van der Waals surface area contributed by atoms with E-state index in [2.05, 4.69) is 14.8 Å². The van der Waals surface area contributed by atoms with Crippen LogP contribution in [0.3, 0.4) is 0 Å². The van der Waals surface area contributed by atoms with Gasteiger partial charge in [0.15, 0.2) is 5.69 Å². The summed E-state index contributed by atoms with van der Waals surface area (Å²) in [5.74, 6) is -1.22. The second-order valence-corrected chi connectivity index (χ2v) is 6.13. The SMILES string of the molecule is Cc1nscc1C(=O)Nc1ccc(-c2cc(C(F)(F)F)nn2C)c(F)c1. The highest BCUT2D eigenvalue weighted by molar-refractivity contribution is 7.04. The van der Waals surface area contributed by atoms with E-state index in [1.165, 1.54) is 19.2 Å². The molecule has 2 heterocycles. The number of hydrogen-bond donors (Lipinski definition) is 1. The van der Waals surface area contributed by atoms with Crippen molar-refractivity contribution in [3.8, 4) is 11.3 Å². The predicted octanol–water partition coefficient (Wildman–Crippen LogP) is 4.26. The molecule has 136 valence electrons. The van der Waals surface area contributed by atoms with E-state index in [1.54, 1.807) is 12.3 Å². The van der Waals surface area contributed by atoms with Gasteiger partial charge in [-0.2, -0.15) is 22.6 Å². The normalized spacial score (nSPS) is 11.6. The molecule has 10 heteroatoms. The number of nitrogens with zero attached hydrogens (tertiary/aromatic N) is 3. The van der Waals surface area contributed by atoms with Crippen LogP contribution in [0.2, 0.25) is 0 Å². The topological polar surface area (TPSA) is 59.8 Å². The maximum atomic E-state index is 14.4. The number of carbonyl (C=O) groups excluding carboxylic acids is 1. The van der Waals surface area contributed by atoms with Crippen molar-refractivity contribution in [2.45, 2.75) is 13.1 Å². The second-order valence-electron chi connectivity index (χ2n) is 5.50. The van der Waals surface area contributed by atoms with E-state index in [0.717, 1.165) is 28.3 Å². The Bertz CT molecular complexity index is 977.